The van der Waals surface area contributed by atoms with Gasteiger partial charge >= 0.3 is 0 Å². The molecule has 3 heteroatoms. The molecule has 1 atom stereocenters. The molecule has 58 valence electrons. The molecule has 0 aromatic rings. The largest absolute Gasteiger partial charge is 0.316 e. The van der Waals surface area contributed by atoms with Crippen molar-refractivity contribution in [3.05, 3.63) is 0 Å². The first-order chi connectivity index (χ1) is 4.66. The maximum atomic E-state index is 12.9. The summed E-state index contributed by atoms with van der Waals surface area (Å²) in [5.74, 6) is -2.36. The summed E-state index contributed by atoms with van der Waals surface area (Å²) in [6.07, 6.45) is 1.49. The Labute approximate surface area is 58.8 Å². The minimum absolute atomic E-state index is 0.106. The normalized spacial score (nSPS) is 43.8. The summed E-state index contributed by atoms with van der Waals surface area (Å²) in [4.78, 5) is 0. The fourth-order valence-corrected chi connectivity index (χ4v) is 1.94. The molecule has 1 aliphatic carbocycles. The topological polar surface area (TPSA) is 12.0 Å². The molecule has 0 bridgehead atoms. The predicted octanol–water partition coefficient (Wildman–Crippen LogP) is 1.40. The second-order valence-corrected chi connectivity index (χ2v) is 3.41. The number of hydrogen-bond donors (Lipinski definition) is 1. The Bertz CT molecular complexity index is 150. The van der Waals surface area contributed by atoms with Gasteiger partial charge in [0, 0.05) is 18.4 Å². The Balaban J connectivity index is 2.15. The van der Waals surface area contributed by atoms with Crippen molar-refractivity contribution in [3.63, 3.8) is 0 Å². The van der Waals surface area contributed by atoms with Crippen LogP contribution in [0.25, 0.3) is 0 Å². The van der Waals surface area contributed by atoms with Crippen molar-refractivity contribution in [2.45, 2.75) is 25.2 Å². The molecule has 0 amide bonds. The van der Waals surface area contributed by atoms with Crippen molar-refractivity contribution in [2.24, 2.45) is 5.41 Å². The minimum Gasteiger partial charge on any atom is -0.316 e. The summed E-state index contributed by atoms with van der Waals surface area (Å²) < 4.78 is 25.7. The lowest BCUT2D eigenvalue weighted by molar-refractivity contribution is -0.191. The number of rotatable bonds is 0. The van der Waals surface area contributed by atoms with E-state index in [1.165, 1.54) is 0 Å². The Morgan fingerprint density at radius 1 is 1.10 bits per heavy atom. The molecule has 1 saturated carbocycles. The third-order valence-electron chi connectivity index (χ3n) is 2.94. The van der Waals surface area contributed by atoms with Gasteiger partial charge in [-0.1, -0.05) is 0 Å². The highest BCUT2D eigenvalue weighted by atomic mass is 19.3. The van der Waals surface area contributed by atoms with Gasteiger partial charge in [0.25, 0.3) is 5.92 Å². The lowest BCUT2D eigenvalue weighted by atomic mass is 9.65. The zero-order valence-corrected chi connectivity index (χ0v) is 5.79. The quantitative estimate of drug-likeness (QED) is 0.546. The second-order valence-electron chi connectivity index (χ2n) is 3.41. The van der Waals surface area contributed by atoms with Crippen LogP contribution in [0.5, 0.6) is 0 Å². The number of nitrogens with one attached hydrogen (secondary N) is 1. The smallest absolute Gasteiger partial charge is 0.254 e. The van der Waals surface area contributed by atoms with Crippen LogP contribution in [0.4, 0.5) is 8.78 Å². The summed E-state index contributed by atoms with van der Waals surface area (Å²) in [6, 6.07) is 0. The van der Waals surface area contributed by atoms with Crippen LogP contribution in [-0.4, -0.2) is 19.0 Å². The first-order valence-corrected chi connectivity index (χ1v) is 3.75. The number of halogens is 2. The zero-order chi connectivity index (χ0) is 7.24. The lowest BCUT2D eigenvalue weighted by Gasteiger charge is -2.46. The van der Waals surface area contributed by atoms with E-state index in [-0.39, 0.29) is 6.42 Å². The average Bonchev–Trinajstić information content (AvgIpc) is 2.34. The molecule has 0 aromatic heterocycles. The van der Waals surface area contributed by atoms with Crippen molar-refractivity contribution >= 4 is 0 Å². The molecule has 1 nitrogen and oxygen atoms in total. The summed E-state index contributed by atoms with van der Waals surface area (Å²) in [5, 5.41) is 2.99. The van der Waals surface area contributed by atoms with E-state index in [0.717, 1.165) is 6.54 Å². The standard InChI is InChI=1S/C7H11F2N/c8-7(9)2-1-6(7)3-4-10-5-6/h10H,1-5H2. The molecule has 1 aliphatic heterocycles. The van der Waals surface area contributed by atoms with E-state index in [0.29, 0.717) is 19.4 Å². The van der Waals surface area contributed by atoms with Crippen LogP contribution in [0.15, 0.2) is 0 Å². The molecule has 2 aliphatic rings. The van der Waals surface area contributed by atoms with Gasteiger partial charge < -0.3 is 5.32 Å². The number of alkyl halides is 2. The third kappa shape index (κ3) is 0.590. The van der Waals surface area contributed by atoms with Crippen LogP contribution in [0.1, 0.15) is 19.3 Å². The van der Waals surface area contributed by atoms with Crippen LogP contribution < -0.4 is 5.32 Å². The Morgan fingerprint density at radius 2 is 1.90 bits per heavy atom. The van der Waals surface area contributed by atoms with Crippen LogP contribution in [0, 0.1) is 5.41 Å². The Hall–Kier alpha value is -0.180. The van der Waals surface area contributed by atoms with E-state index in [4.69, 9.17) is 0 Å². The highest BCUT2D eigenvalue weighted by Gasteiger charge is 2.61. The van der Waals surface area contributed by atoms with E-state index >= 15 is 0 Å². The summed E-state index contributed by atoms with van der Waals surface area (Å²) >= 11 is 0. The highest BCUT2D eigenvalue weighted by molar-refractivity contribution is 5.06. The predicted molar refractivity (Wildman–Crippen MR) is 34.1 cm³/mol. The molecule has 1 N–H and O–H groups in total. The van der Waals surface area contributed by atoms with E-state index in [2.05, 4.69) is 5.32 Å². The highest BCUT2D eigenvalue weighted by Crippen LogP contribution is 2.56. The van der Waals surface area contributed by atoms with E-state index in [1.807, 2.05) is 0 Å². The molecule has 2 fully saturated rings. The molecule has 1 spiro atoms. The molecule has 2 rings (SSSR count). The van der Waals surface area contributed by atoms with Gasteiger partial charge in [-0.15, -0.1) is 0 Å². The van der Waals surface area contributed by atoms with Gasteiger partial charge in [-0.2, -0.15) is 0 Å². The van der Waals surface area contributed by atoms with Crippen molar-refractivity contribution in [1.29, 1.82) is 0 Å². The average molecular weight is 147 g/mol. The molecule has 0 radical (unpaired) electrons. The summed E-state index contributed by atoms with van der Waals surface area (Å²) in [6.45, 7) is 1.30. The lowest BCUT2D eigenvalue weighted by Crippen LogP contribution is -2.52. The van der Waals surface area contributed by atoms with E-state index < -0.39 is 11.3 Å². The van der Waals surface area contributed by atoms with Crippen molar-refractivity contribution in [2.75, 3.05) is 13.1 Å². The second kappa shape index (κ2) is 1.70. The maximum absolute atomic E-state index is 12.9. The fraction of sp³-hybridized carbons (Fsp3) is 1.00. The van der Waals surface area contributed by atoms with Gasteiger partial charge in [0.05, 0.1) is 0 Å². The first kappa shape index (κ1) is 6.53. The minimum atomic E-state index is -2.36. The first-order valence-electron chi connectivity index (χ1n) is 3.75. The zero-order valence-electron chi connectivity index (χ0n) is 5.79. The van der Waals surface area contributed by atoms with E-state index in [9.17, 15) is 8.78 Å². The Morgan fingerprint density at radius 3 is 2.10 bits per heavy atom. The molecule has 1 heterocycles. The van der Waals surface area contributed by atoms with Crippen LogP contribution >= 0.6 is 0 Å². The number of hydrogen-bond acceptors (Lipinski definition) is 1. The molecule has 10 heavy (non-hydrogen) atoms. The van der Waals surface area contributed by atoms with Crippen molar-refractivity contribution in [1.82, 2.24) is 5.32 Å². The molecule has 0 aromatic carbocycles. The van der Waals surface area contributed by atoms with Gasteiger partial charge in [0.2, 0.25) is 0 Å². The Kier molecular flexibility index (Phi) is 1.11. The van der Waals surface area contributed by atoms with Gasteiger partial charge in [0.1, 0.15) is 0 Å². The monoisotopic (exact) mass is 147 g/mol. The van der Waals surface area contributed by atoms with Crippen molar-refractivity contribution in [3.8, 4) is 0 Å². The SMILES string of the molecule is FC1(F)CCC12CCNC2. The molecular weight excluding hydrogens is 136 g/mol. The summed E-state index contributed by atoms with van der Waals surface area (Å²) in [5.41, 5.74) is -0.632. The summed E-state index contributed by atoms with van der Waals surface area (Å²) in [7, 11) is 0. The van der Waals surface area contributed by atoms with Crippen LogP contribution in [0.2, 0.25) is 0 Å². The van der Waals surface area contributed by atoms with Crippen LogP contribution in [-0.2, 0) is 0 Å². The maximum Gasteiger partial charge on any atom is 0.254 e. The fourth-order valence-electron chi connectivity index (χ4n) is 1.94. The van der Waals surface area contributed by atoms with Gasteiger partial charge in [-0.05, 0) is 19.4 Å². The van der Waals surface area contributed by atoms with Crippen molar-refractivity contribution < 1.29 is 8.78 Å². The molecular formula is C7H11F2N. The molecule has 1 saturated heterocycles. The third-order valence-corrected chi connectivity index (χ3v) is 2.94. The van der Waals surface area contributed by atoms with Gasteiger partial charge in [-0.3, -0.25) is 0 Å². The molecule has 1 unspecified atom stereocenters. The van der Waals surface area contributed by atoms with Gasteiger partial charge in [0.15, 0.2) is 0 Å². The van der Waals surface area contributed by atoms with E-state index in [1.54, 1.807) is 0 Å². The van der Waals surface area contributed by atoms with Crippen LogP contribution in [0.3, 0.4) is 0 Å². The van der Waals surface area contributed by atoms with Gasteiger partial charge in [-0.25, -0.2) is 8.78 Å².